The smallest absolute Gasteiger partial charge is 0.315 e. The summed E-state index contributed by atoms with van der Waals surface area (Å²) in [6.45, 7) is 4.13. The fourth-order valence-electron chi connectivity index (χ4n) is 0.789. The van der Waals surface area contributed by atoms with Crippen LogP contribution in [-0.4, -0.2) is 29.6 Å². The lowest BCUT2D eigenvalue weighted by molar-refractivity contribution is -0.185. The topological polar surface area (TPSA) is 44.1 Å². The normalized spacial score (nSPS) is 12.8. The number of alkyl halides is 3. The zero-order valence-electron chi connectivity index (χ0n) is 7.51. The minimum absolute atomic E-state index is 0.299. The van der Waals surface area contributed by atoms with E-state index in [1.165, 1.54) is 6.92 Å². The summed E-state index contributed by atoms with van der Waals surface area (Å²) >= 11 is 0. The third-order valence-corrected chi connectivity index (χ3v) is 1.48. The van der Waals surface area contributed by atoms with E-state index in [1.807, 2.05) is 0 Å². The highest BCUT2D eigenvalue weighted by Crippen LogP contribution is 2.19. The third kappa shape index (κ3) is 3.09. The molecule has 0 aromatic heterocycles. The monoisotopic (exact) mass is 206 g/mol. The Bertz CT molecular complexity index is 267. The van der Waals surface area contributed by atoms with Crippen molar-refractivity contribution >= 4 is 5.91 Å². The first-order chi connectivity index (χ1) is 6.34. The van der Waals surface area contributed by atoms with Gasteiger partial charge in [-0.25, -0.2) is 0 Å². The van der Waals surface area contributed by atoms with Crippen molar-refractivity contribution in [3.05, 3.63) is 12.7 Å². The highest BCUT2D eigenvalue weighted by molar-refractivity contribution is 5.82. The Labute approximate surface area is 79.4 Å². The minimum atomic E-state index is -4.95. The Morgan fingerprint density at radius 1 is 1.71 bits per heavy atom. The molecule has 0 aromatic rings. The molecule has 0 aliphatic rings. The molecule has 0 rings (SSSR count). The van der Waals surface area contributed by atoms with Crippen LogP contribution in [0.1, 0.15) is 6.92 Å². The van der Waals surface area contributed by atoms with Gasteiger partial charge in [-0.3, -0.25) is 4.79 Å². The molecule has 1 amide bonds. The van der Waals surface area contributed by atoms with Crippen molar-refractivity contribution < 1.29 is 18.0 Å². The van der Waals surface area contributed by atoms with Gasteiger partial charge in [0.05, 0.1) is 6.07 Å². The maximum atomic E-state index is 12.0. The number of halogens is 3. The molecule has 6 heteroatoms. The molecule has 0 spiro atoms. The van der Waals surface area contributed by atoms with Crippen molar-refractivity contribution in [3.63, 3.8) is 0 Å². The summed E-state index contributed by atoms with van der Waals surface area (Å²) in [5, 5.41) is 8.40. The number of nitrogens with zero attached hydrogens (tertiary/aromatic N) is 2. The molecule has 3 nitrogen and oxygen atoms in total. The largest absolute Gasteiger partial charge is 0.471 e. The molecule has 0 aliphatic carbocycles. The van der Waals surface area contributed by atoms with Crippen LogP contribution >= 0.6 is 0 Å². The maximum Gasteiger partial charge on any atom is 0.471 e. The molecule has 14 heavy (non-hydrogen) atoms. The molecular formula is C8H9F3N2O. The second kappa shape index (κ2) is 4.65. The average molecular weight is 206 g/mol. The first-order valence-electron chi connectivity index (χ1n) is 3.73. The van der Waals surface area contributed by atoms with Crippen LogP contribution < -0.4 is 0 Å². The van der Waals surface area contributed by atoms with E-state index >= 15 is 0 Å². The van der Waals surface area contributed by atoms with E-state index in [0.29, 0.717) is 4.90 Å². The molecule has 1 unspecified atom stereocenters. The predicted octanol–water partition coefficient (Wildman–Crippen LogP) is 1.48. The van der Waals surface area contributed by atoms with Gasteiger partial charge in [0.1, 0.15) is 6.04 Å². The second-order valence-corrected chi connectivity index (χ2v) is 2.55. The average Bonchev–Trinajstić information content (AvgIpc) is 2.10. The van der Waals surface area contributed by atoms with Gasteiger partial charge in [-0.1, -0.05) is 6.08 Å². The summed E-state index contributed by atoms with van der Waals surface area (Å²) in [5.41, 5.74) is 0. The number of amides is 1. The van der Waals surface area contributed by atoms with Crippen LogP contribution in [0.5, 0.6) is 0 Å². The molecule has 1 atom stereocenters. The van der Waals surface area contributed by atoms with E-state index in [4.69, 9.17) is 5.26 Å². The molecule has 0 heterocycles. The first-order valence-corrected chi connectivity index (χ1v) is 3.73. The maximum absolute atomic E-state index is 12.0. The number of hydrogen-bond acceptors (Lipinski definition) is 2. The zero-order valence-corrected chi connectivity index (χ0v) is 7.51. The van der Waals surface area contributed by atoms with Crippen molar-refractivity contribution in [2.45, 2.75) is 19.1 Å². The molecule has 0 fully saturated rings. The molecule has 0 bridgehead atoms. The molecule has 0 aliphatic heterocycles. The van der Waals surface area contributed by atoms with Crippen molar-refractivity contribution in [2.24, 2.45) is 0 Å². The quantitative estimate of drug-likeness (QED) is 0.656. The van der Waals surface area contributed by atoms with Crippen LogP contribution in [-0.2, 0) is 4.79 Å². The van der Waals surface area contributed by atoms with E-state index in [2.05, 4.69) is 6.58 Å². The Kier molecular flexibility index (Phi) is 4.15. The van der Waals surface area contributed by atoms with Gasteiger partial charge in [0, 0.05) is 6.54 Å². The van der Waals surface area contributed by atoms with Crippen LogP contribution in [0, 0.1) is 11.3 Å². The third-order valence-electron chi connectivity index (χ3n) is 1.48. The zero-order chi connectivity index (χ0) is 11.4. The van der Waals surface area contributed by atoms with E-state index in [9.17, 15) is 18.0 Å². The SMILES string of the molecule is C=CCN(C(=O)C(F)(F)F)C(C)C#N. The lowest BCUT2D eigenvalue weighted by atomic mass is 10.3. The second-order valence-electron chi connectivity index (χ2n) is 2.55. The van der Waals surface area contributed by atoms with Gasteiger partial charge in [0.2, 0.25) is 0 Å². The lowest BCUT2D eigenvalue weighted by Gasteiger charge is -2.24. The number of carbonyl (C=O) groups is 1. The van der Waals surface area contributed by atoms with Crippen molar-refractivity contribution in [1.29, 1.82) is 5.26 Å². The van der Waals surface area contributed by atoms with Crippen LogP contribution in [0.25, 0.3) is 0 Å². The summed E-state index contributed by atoms with van der Waals surface area (Å²) in [5.74, 6) is -2.02. The van der Waals surface area contributed by atoms with Crippen LogP contribution in [0.4, 0.5) is 13.2 Å². The van der Waals surface area contributed by atoms with Gasteiger partial charge >= 0.3 is 12.1 Å². The highest BCUT2D eigenvalue weighted by atomic mass is 19.4. The Morgan fingerprint density at radius 3 is 2.50 bits per heavy atom. The van der Waals surface area contributed by atoms with Crippen LogP contribution in [0.2, 0.25) is 0 Å². The summed E-state index contributed by atoms with van der Waals surface area (Å²) < 4.78 is 36.0. The lowest BCUT2D eigenvalue weighted by Crippen LogP contribution is -2.45. The van der Waals surface area contributed by atoms with Crippen LogP contribution in [0.3, 0.4) is 0 Å². The molecule has 0 saturated heterocycles. The molecular weight excluding hydrogens is 197 g/mol. The predicted molar refractivity (Wildman–Crippen MR) is 43.0 cm³/mol. The fraction of sp³-hybridized carbons (Fsp3) is 0.500. The van der Waals surface area contributed by atoms with Gasteiger partial charge in [-0.05, 0) is 6.92 Å². The number of hydrogen-bond donors (Lipinski definition) is 0. The molecule has 0 aromatic carbocycles. The van der Waals surface area contributed by atoms with Gasteiger partial charge < -0.3 is 4.90 Å². The Balaban J connectivity index is 4.76. The first kappa shape index (κ1) is 12.5. The van der Waals surface area contributed by atoms with E-state index in [0.717, 1.165) is 6.08 Å². The number of rotatable bonds is 3. The highest BCUT2D eigenvalue weighted by Gasteiger charge is 2.43. The Hall–Kier alpha value is -1.51. The van der Waals surface area contributed by atoms with Gasteiger partial charge in [-0.2, -0.15) is 18.4 Å². The number of nitriles is 1. The molecule has 0 radical (unpaired) electrons. The van der Waals surface area contributed by atoms with E-state index in [-0.39, 0.29) is 6.54 Å². The summed E-state index contributed by atoms with van der Waals surface area (Å²) in [7, 11) is 0. The van der Waals surface area contributed by atoms with Crippen molar-refractivity contribution in [2.75, 3.05) is 6.54 Å². The standard InChI is InChI=1S/C8H9F3N2O/c1-3-4-13(6(2)5-12)7(14)8(9,10)11/h3,6H,1,4H2,2H3. The van der Waals surface area contributed by atoms with Gasteiger partial charge in [-0.15, -0.1) is 6.58 Å². The van der Waals surface area contributed by atoms with E-state index in [1.54, 1.807) is 6.07 Å². The molecule has 78 valence electrons. The van der Waals surface area contributed by atoms with Crippen LogP contribution in [0.15, 0.2) is 12.7 Å². The summed E-state index contributed by atoms with van der Waals surface area (Å²) in [6.07, 6.45) is -3.81. The summed E-state index contributed by atoms with van der Waals surface area (Å²) in [4.78, 5) is 11.2. The summed E-state index contributed by atoms with van der Waals surface area (Å²) in [6, 6.07) is 0.437. The Morgan fingerprint density at radius 2 is 2.21 bits per heavy atom. The fourth-order valence-corrected chi connectivity index (χ4v) is 0.789. The van der Waals surface area contributed by atoms with Crippen molar-refractivity contribution in [1.82, 2.24) is 4.90 Å². The molecule has 0 saturated carbocycles. The van der Waals surface area contributed by atoms with Crippen molar-refractivity contribution in [3.8, 4) is 6.07 Å². The van der Waals surface area contributed by atoms with Gasteiger partial charge in [0.25, 0.3) is 0 Å². The van der Waals surface area contributed by atoms with E-state index < -0.39 is 18.1 Å². The molecule has 0 N–H and O–H groups in total. The van der Waals surface area contributed by atoms with Gasteiger partial charge in [0.15, 0.2) is 0 Å². The minimum Gasteiger partial charge on any atom is -0.315 e. The number of carbonyl (C=O) groups excluding carboxylic acids is 1.